The molecule has 1 saturated carbocycles. The molecule has 2 aliphatic rings. The molecule has 1 aliphatic heterocycles. The van der Waals surface area contributed by atoms with Crippen molar-refractivity contribution in [2.24, 2.45) is 0 Å². The highest BCUT2D eigenvalue weighted by molar-refractivity contribution is 6.05. The summed E-state index contributed by atoms with van der Waals surface area (Å²) in [4.78, 5) is 38.4. The molecule has 188 valence electrons. The first-order valence-corrected chi connectivity index (χ1v) is 12.1. The molecule has 10 nitrogen and oxygen atoms in total. The summed E-state index contributed by atoms with van der Waals surface area (Å²) in [6.45, 7) is 2.90. The molecule has 2 aromatic rings. The summed E-state index contributed by atoms with van der Waals surface area (Å²) in [6.07, 6.45) is 8.50. The first kappa shape index (κ1) is 24.7. The van der Waals surface area contributed by atoms with Gasteiger partial charge in [0.05, 0.1) is 36.9 Å². The third kappa shape index (κ3) is 5.02. The lowest BCUT2D eigenvalue weighted by Gasteiger charge is -2.44. The number of carbonyl (C=O) groups excluding carboxylic acids is 2. The molecule has 35 heavy (non-hydrogen) atoms. The van der Waals surface area contributed by atoms with Crippen molar-refractivity contribution in [2.75, 3.05) is 49.5 Å². The number of carbonyl (C=O) groups is 2. The van der Waals surface area contributed by atoms with Crippen LogP contribution < -0.4 is 25.2 Å². The molecule has 0 bridgehead atoms. The van der Waals surface area contributed by atoms with Gasteiger partial charge in [-0.2, -0.15) is 0 Å². The highest BCUT2D eigenvalue weighted by Crippen LogP contribution is 2.42. The third-order valence-corrected chi connectivity index (χ3v) is 6.73. The number of methoxy groups -OCH3 is 2. The number of rotatable bonds is 9. The van der Waals surface area contributed by atoms with Crippen molar-refractivity contribution in [3.8, 4) is 5.75 Å². The summed E-state index contributed by atoms with van der Waals surface area (Å²) in [6, 6.07) is 3.77. The number of nitrogens with zero attached hydrogens (tertiary/aromatic N) is 4. The van der Waals surface area contributed by atoms with Gasteiger partial charge >= 0.3 is 0 Å². The van der Waals surface area contributed by atoms with Gasteiger partial charge in [0.2, 0.25) is 5.91 Å². The van der Waals surface area contributed by atoms with Crippen LogP contribution in [0, 0.1) is 0 Å². The summed E-state index contributed by atoms with van der Waals surface area (Å²) < 4.78 is 10.5. The Bertz CT molecular complexity index is 1070. The van der Waals surface area contributed by atoms with E-state index in [9.17, 15) is 9.59 Å². The second-order valence-corrected chi connectivity index (χ2v) is 8.87. The summed E-state index contributed by atoms with van der Waals surface area (Å²) in [5.74, 6) is 1.32. The number of hydrogen-bond donors (Lipinski definition) is 2. The third-order valence-electron chi connectivity index (χ3n) is 6.73. The van der Waals surface area contributed by atoms with Crippen LogP contribution in [-0.2, 0) is 9.53 Å². The maximum Gasteiger partial charge on any atom is 0.253 e. The van der Waals surface area contributed by atoms with Crippen LogP contribution >= 0.6 is 0 Å². The lowest BCUT2D eigenvalue weighted by Crippen LogP contribution is -2.55. The highest BCUT2D eigenvalue weighted by Gasteiger charge is 2.40. The molecule has 2 N–H and O–H groups in total. The molecule has 4 rings (SSSR count). The number of hydrogen-bond acceptors (Lipinski definition) is 8. The molecule has 1 unspecified atom stereocenters. The van der Waals surface area contributed by atoms with E-state index in [1.807, 2.05) is 13.1 Å². The van der Waals surface area contributed by atoms with Crippen LogP contribution in [0.1, 0.15) is 49.4 Å². The van der Waals surface area contributed by atoms with Crippen molar-refractivity contribution in [3.05, 3.63) is 30.1 Å². The standard InChI is InChI=1S/C25H34N6O4/c1-5-18-25(33)30(2)20-15-27-22(13-19(20)31(18)17-8-6-7-9-17)29-23-21(35-4)12-16(14-28-23)24(32)26-10-11-34-3/h12-15,17-18H,5-11H2,1-4H3,(H,26,32)(H,27,28,29). The first-order valence-electron chi connectivity index (χ1n) is 12.1. The second kappa shape index (κ2) is 10.9. The molecule has 2 aromatic heterocycles. The van der Waals surface area contributed by atoms with Crippen LogP contribution in [0.15, 0.2) is 24.5 Å². The highest BCUT2D eigenvalue weighted by atomic mass is 16.5. The van der Waals surface area contributed by atoms with Crippen LogP contribution in [-0.4, -0.2) is 68.3 Å². The summed E-state index contributed by atoms with van der Waals surface area (Å²) in [5.41, 5.74) is 2.19. The topological polar surface area (TPSA) is 109 Å². The monoisotopic (exact) mass is 482 g/mol. The number of pyridine rings is 2. The molecule has 1 fully saturated rings. The molecule has 1 atom stereocenters. The Kier molecular flexibility index (Phi) is 7.70. The number of anilines is 4. The molecule has 1 aliphatic carbocycles. The van der Waals surface area contributed by atoms with Crippen LogP contribution in [0.25, 0.3) is 0 Å². The number of amides is 2. The Balaban J connectivity index is 1.62. The number of likely N-dealkylation sites (N-methyl/N-ethyl adjacent to an activating group) is 1. The quantitative estimate of drug-likeness (QED) is 0.525. The molecule has 0 aromatic carbocycles. The van der Waals surface area contributed by atoms with Gasteiger partial charge in [0.1, 0.15) is 11.9 Å². The van der Waals surface area contributed by atoms with E-state index in [-0.39, 0.29) is 17.9 Å². The fourth-order valence-corrected chi connectivity index (χ4v) is 4.91. The lowest BCUT2D eigenvalue weighted by molar-refractivity contribution is -0.120. The molecular weight excluding hydrogens is 448 g/mol. The minimum atomic E-state index is -0.253. The van der Waals surface area contributed by atoms with Gasteiger partial charge in [-0.25, -0.2) is 9.97 Å². The SMILES string of the molecule is CCC1C(=O)N(C)c2cnc(Nc3ncc(C(=O)NCCOC)cc3OC)cc2N1C1CCCC1. The van der Waals surface area contributed by atoms with E-state index in [0.29, 0.717) is 42.1 Å². The number of ether oxygens (including phenoxy) is 2. The molecule has 3 heterocycles. The van der Waals surface area contributed by atoms with E-state index in [4.69, 9.17) is 9.47 Å². The minimum Gasteiger partial charge on any atom is -0.493 e. The van der Waals surface area contributed by atoms with E-state index >= 15 is 0 Å². The van der Waals surface area contributed by atoms with Gasteiger partial charge in [-0.3, -0.25) is 9.59 Å². The van der Waals surface area contributed by atoms with Crippen LogP contribution in [0.2, 0.25) is 0 Å². The molecular formula is C25H34N6O4. The molecule has 0 radical (unpaired) electrons. The van der Waals surface area contributed by atoms with E-state index in [1.165, 1.54) is 26.1 Å². The predicted molar refractivity (Wildman–Crippen MR) is 135 cm³/mol. The van der Waals surface area contributed by atoms with E-state index in [2.05, 4.69) is 32.4 Å². The van der Waals surface area contributed by atoms with Gasteiger partial charge in [-0.05, 0) is 25.3 Å². The van der Waals surface area contributed by atoms with E-state index in [0.717, 1.165) is 30.6 Å². The van der Waals surface area contributed by atoms with Crippen molar-refractivity contribution in [1.29, 1.82) is 0 Å². The molecule has 0 spiro atoms. The van der Waals surface area contributed by atoms with Gasteiger partial charge in [-0.15, -0.1) is 0 Å². The van der Waals surface area contributed by atoms with Gasteiger partial charge in [-0.1, -0.05) is 19.8 Å². The zero-order chi connectivity index (χ0) is 24.9. The van der Waals surface area contributed by atoms with Crippen LogP contribution in [0.5, 0.6) is 5.75 Å². The minimum absolute atomic E-state index is 0.108. The largest absolute Gasteiger partial charge is 0.493 e. The lowest BCUT2D eigenvalue weighted by atomic mass is 10.0. The van der Waals surface area contributed by atoms with Crippen molar-refractivity contribution < 1.29 is 19.1 Å². The van der Waals surface area contributed by atoms with Crippen LogP contribution in [0.4, 0.5) is 23.0 Å². The molecule has 10 heteroatoms. The Labute approximate surface area is 206 Å². The second-order valence-electron chi connectivity index (χ2n) is 8.87. The van der Waals surface area contributed by atoms with Crippen LogP contribution in [0.3, 0.4) is 0 Å². The summed E-state index contributed by atoms with van der Waals surface area (Å²) in [7, 11) is 4.92. The number of fused-ring (bicyclic) bond motifs is 1. The average molecular weight is 483 g/mol. The van der Waals surface area contributed by atoms with Crippen molar-refractivity contribution in [2.45, 2.75) is 51.1 Å². The zero-order valence-corrected chi connectivity index (χ0v) is 20.8. The Hall–Kier alpha value is -3.40. The van der Waals surface area contributed by atoms with E-state index in [1.54, 1.807) is 24.3 Å². The van der Waals surface area contributed by atoms with E-state index < -0.39 is 0 Å². The summed E-state index contributed by atoms with van der Waals surface area (Å²) >= 11 is 0. The maximum absolute atomic E-state index is 13.1. The molecule has 2 amide bonds. The van der Waals surface area contributed by atoms with Crippen molar-refractivity contribution >= 4 is 34.8 Å². The Morgan fingerprint density at radius 1 is 1.14 bits per heavy atom. The number of aromatic nitrogens is 2. The van der Waals surface area contributed by atoms with Gasteiger partial charge in [0, 0.05) is 39.0 Å². The smallest absolute Gasteiger partial charge is 0.253 e. The first-order chi connectivity index (χ1) is 17.0. The maximum atomic E-state index is 13.1. The zero-order valence-electron chi connectivity index (χ0n) is 20.8. The van der Waals surface area contributed by atoms with Gasteiger partial charge < -0.3 is 29.9 Å². The average Bonchev–Trinajstić information content (AvgIpc) is 3.40. The Morgan fingerprint density at radius 2 is 1.91 bits per heavy atom. The van der Waals surface area contributed by atoms with Crippen molar-refractivity contribution in [3.63, 3.8) is 0 Å². The Morgan fingerprint density at radius 3 is 2.60 bits per heavy atom. The number of nitrogens with one attached hydrogen (secondary N) is 2. The van der Waals surface area contributed by atoms with Gasteiger partial charge in [0.25, 0.3) is 5.91 Å². The summed E-state index contributed by atoms with van der Waals surface area (Å²) in [5, 5.41) is 6.01. The molecule has 0 saturated heterocycles. The van der Waals surface area contributed by atoms with Gasteiger partial charge in [0.15, 0.2) is 11.6 Å². The predicted octanol–water partition coefficient (Wildman–Crippen LogP) is 3.11. The fraction of sp³-hybridized carbons (Fsp3) is 0.520. The normalized spacial score (nSPS) is 17.9. The van der Waals surface area contributed by atoms with Crippen molar-refractivity contribution in [1.82, 2.24) is 15.3 Å². The fourth-order valence-electron chi connectivity index (χ4n) is 4.91.